The van der Waals surface area contributed by atoms with Gasteiger partial charge in [0.2, 0.25) is 0 Å². The number of halogens is 2. The first-order valence-electron chi connectivity index (χ1n) is 8.63. The van der Waals surface area contributed by atoms with Crippen molar-refractivity contribution in [3.8, 4) is 28.5 Å². The fourth-order valence-corrected chi connectivity index (χ4v) is 3.02. The number of nitrogens with zero attached hydrogens (tertiary/aromatic N) is 3. The van der Waals surface area contributed by atoms with Crippen molar-refractivity contribution >= 4 is 22.7 Å². The second-order valence-corrected chi connectivity index (χ2v) is 6.53. The molecule has 0 unspecified atom stereocenters. The van der Waals surface area contributed by atoms with Gasteiger partial charge in [-0.2, -0.15) is 0 Å². The Labute approximate surface area is 170 Å². The van der Waals surface area contributed by atoms with Gasteiger partial charge in [0.05, 0.1) is 7.11 Å². The molecule has 2 heterocycles. The average molecular weight is 412 g/mol. The fraction of sp³-hybridized carbons (Fsp3) is 0.0952. The Morgan fingerprint density at radius 3 is 2.66 bits per heavy atom. The molecule has 0 saturated carbocycles. The molecule has 0 bridgehead atoms. The Morgan fingerprint density at radius 1 is 1.14 bits per heavy atom. The number of hydrogen-bond donors (Lipinski definition) is 0. The molecule has 0 N–H and O–H groups in total. The lowest BCUT2D eigenvalue weighted by molar-refractivity contribution is 0.386. The second kappa shape index (κ2) is 7.89. The van der Waals surface area contributed by atoms with E-state index in [4.69, 9.17) is 25.3 Å². The van der Waals surface area contributed by atoms with Crippen LogP contribution in [0.2, 0.25) is 0 Å². The quantitative estimate of drug-likeness (QED) is 0.426. The molecule has 0 amide bonds. The molecule has 2 aromatic heterocycles. The first kappa shape index (κ1) is 18.9. The Kier molecular flexibility index (Phi) is 5.14. The topological polar surface area (TPSA) is 74.2 Å². The van der Waals surface area contributed by atoms with E-state index in [0.717, 1.165) is 5.56 Å². The molecular weight excluding hydrogens is 397 g/mol. The van der Waals surface area contributed by atoms with Crippen molar-refractivity contribution in [2.45, 2.75) is 6.92 Å². The number of methoxy groups -OCH3 is 1. The molecule has 0 aliphatic rings. The summed E-state index contributed by atoms with van der Waals surface area (Å²) in [4.78, 5) is 0. The highest BCUT2D eigenvalue weighted by Crippen LogP contribution is 2.34. The van der Waals surface area contributed by atoms with E-state index in [-0.39, 0.29) is 22.6 Å². The van der Waals surface area contributed by atoms with Crippen LogP contribution >= 0.6 is 11.6 Å². The number of aromatic nitrogens is 3. The molecule has 146 valence electrons. The van der Waals surface area contributed by atoms with Gasteiger partial charge in [0.1, 0.15) is 22.0 Å². The highest BCUT2D eigenvalue weighted by atomic mass is 35.5. The molecule has 0 aliphatic carbocycles. The first-order valence-corrected chi connectivity index (χ1v) is 9.01. The van der Waals surface area contributed by atoms with E-state index in [9.17, 15) is 4.39 Å². The molecule has 4 aromatic rings. The maximum atomic E-state index is 13.9. The largest absolute Gasteiger partial charge is 0.494 e. The summed E-state index contributed by atoms with van der Waals surface area (Å²) in [5.41, 5.74) is 2.57. The summed E-state index contributed by atoms with van der Waals surface area (Å²) in [7, 11) is 1.40. The van der Waals surface area contributed by atoms with E-state index in [1.807, 2.05) is 30.3 Å². The van der Waals surface area contributed by atoms with Crippen LogP contribution in [0.25, 0.3) is 33.8 Å². The third-order valence-electron chi connectivity index (χ3n) is 4.22. The van der Waals surface area contributed by atoms with E-state index < -0.39 is 5.82 Å². The summed E-state index contributed by atoms with van der Waals surface area (Å²) in [6, 6.07) is 14.0. The molecule has 29 heavy (non-hydrogen) atoms. The van der Waals surface area contributed by atoms with Crippen molar-refractivity contribution in [1.29, 1.82) is 0 Å². The summed E-state index contributed by atoms with van der Waals surface area (Å²) in [6.07, 6.45) is 1.53. The lowest BCUT2D eigenvalue weighted by Crippen LogP contribution is -1.88. The fourth-order valence-electron chi connectivity index (χ4n) is 2.82. The van der Waals surface area contributed by atoms with Crippen molar-refractivity contribution < 1.29 is 18.1 Å². The van der Waals surface area contributed by atoms with Gasteiger partial charge in [0, 0.05) is 5.56 Å². The molecule has 2 aromatic carbocycles. The van der Waals surface area contributed by atoms with Gasteiger partial charge in [-0.1, -0.05) is 53.2 Å². The zero-order chi connectivity index (χ0) is 20.4. The summed E-state index contributed by atoms with van der Waals surface area (Å²) >= 11 is 6.31. The minimum absolute atomic E-state index is 0.0949. The third kappa shape index (κ3) is 3.77. The summed E-state index contributed by atoms with van der Waals surface area (Å²) in [5, 5.41) is 12.3. The van der Waals surface area contributed by atoms with Crippen LogP contribution in [-0.2, 0) is 0 Å². The average Bonchev–Trinajstić information content (AvgIpc) is 3.35. The molecule has 8 heteroatoms. The van der Waals surface area contributed by atoms with Gasteiger partial charge in [-0.3, -0.25) is 0 Å². The van der Waals surface area contributed by atoms with Gasteiger partial charge in [-0.05, 0) is 30.7 Å². The van der Waals surface area contributed by atoms with Gasteiger partial charge >= 0.3 is 0 Å². The monoisotopic (exact) mass is 411 g/mol. The maximum Gasteiger partial charge on any atom is 0.259 e. The van der Waals surface area contributed by atoms with Crippen LogP contribution in [0.1, 0.15) is 17.2 Å². The molecule has 6 nitrogen and oxygen atoms in total. The Bertz CT molecular complexity index is 1190. The van der Waals surface area contributed by atoms with Crippen LogP contribution in [0.5, 0.6) is 5.75 Å². The Morgan fingerprint density at radius 2 is 1.93 bits per heavy atom. The summed E-state index contributed by atoms with van der Waals surface area (Å²) in [5.74, 6) is 0.512. The molecule has 0 radical (unpaired) electrons. The normalized spacial score (nSPS) is 11.7. The van der Waals surface area contributed by atoms with Crippen molar-refractivity contribution in [1.82, 2.24) is 15.4 Å². The van der Waals surface area contributed by atoms with Crippen LogP contribution in [-0.4, -0.2) is 22.5 Å². The van der Waals surface area contributed by atoms with Crippen LogP contribution < -0.4 is 4.74 Å². The molecule has 4 rings (SSSR count). The van der Waals surface area contributed by atoms with E-state index in [0.29, 0.717) is 22.6 Å². The number of hydrogen-bond acceptors (Lipinski definition) is 6. The number of benzene rings is 2. The lowest BCUT2D eigenvalue weighted by Gasteiger charge is -2.02. The molecule has 0 spiro atoms. The zero-order valence-corrected chi connectivity index (χ0v) is 16.3. The van der Waals surface area contributed by atoms with Crippen molar-refractivity contribution in [3.05, 3.63) is 71.6 Å². The van der Waals surface area contributed by atoms with Gasteiger partial charge in [0.15, 0.2) is 11.6 Å². The predicted molar refractivity (Wildman–Crippen MR) is 107 cm³/mol. The van der Waals surface area contributed by atoms with Gasteiger partial charge in [-0.15, -0.1) is 10.2 Å². The number of aryl methyl sites for hydroxylation is 1. The van der Waals surface area contributed by atoms with Crippen LogP contribution in [0.15, 0.2) is 57.5 Å². The standard InChI is InChI=1S/C21H15ClFN3O3/c1-12-18(19(26-29-12)14-6-4-3-5-7-14)21-25-24-20(28-21)15(22)10-13-8-9-17(27-2)16(23)11-13/h3-11H,1-2H3/b15-10-. The molecule has 0 saturated heterocycles. The number of rotatable bonds is 5. The summed E-state index contributed by atoms with van der Waals surface area (Å²) < 4.78 is 29.9. The van der Waals surface area contributed by atoms with E-state index >= 15 is 0 Å². The second-order valence-electron chi connectivity index (χ2n) is 6.13. The summed E-state index contributed by atoms with van der Waals surface area (Å²) in [6.45, 7) is 1.76. The lowest BCUT2D eigenvalue weighted by atomic mass is 10.1. The molecular formula is C21H15ClFN3O3. The van der Waals surface area contributed by atoms with Crippen LogP contribution in [0.4, 0.5) is 4.39 Å². The molecule has 0 atom stereocenters. The smallest absolute Gasteiger partial charge is 0.259 e. The highest BCUT2D eigenvalue weighted by Gasteiger charge is 2.22. The highest BCUT2D eigenvalue weighted by molar-refractivity contribution is 6.50. The van der Waals surface area contributed by atoms with Crippen molar-refractivity contribution in [2.24, 2.45) is 0 Å². The third-order valence-corrected chi connectivity index (χ3v) is 4.49. The number of ether oxygens (including phenoxy) is 1. The van der Waals surface area contributed by atoms with Gasteiger partial charge in [-0.25, -0.2) is 4.39 Å². The van der Waals surface area contributed by atoms with Crippen molar-refractivity contribution in [3.63, 3.8) is 0 Å². The van der Waals surface area contributed by atoms with E-state index in [1.165, 1.54) is 25.3 Å². The van der Waals surface area contributed by atoms with Gasteiger partial charge in [0.25, 0.3) is 11.8 Å². The van der Waals surface area contributed by atoms with Crippen LogP contribution in [0.3, 0.4) is 0 Å². The maximum absolute atomic E-state index is 13.9. The van der Waals surface area contributed by atoms with E-state index in [1.54, 1.807) is 13.0 Å². The van der Waals surface area contributed by atoms with E-state index in [2.05, 4.69) is 15.4 Å². The zero-order valence-electron chi connectivity index (χ0n) is 15.5. The SMILES string of the molecule is COc1ccc(/C=C(\Cl)c2nnc(-c3c(-c4ccccc4)noc3C)o2)cc1F. The minimum Gasteiger partial charge on any atom is -0.494 e. The van der Waals surface area contributed by atoms with Crippen molar-refractivity contribution in [2.75, 3.05) is 7.11 Å². The van der Waals surface area contributed by atoms with Gasteiger partial charge < -0.3 is 13.7 Å². The minimum atomic E-state index is -0.496. The Hall–Kier alpha value is -3.45. The van der Waals surface area contributed by atoms with Crippen LogP contribution in [0, 0.1) is 12.7 Å². The molecule has 0 aliphatic heterocycles. The molecule has 0 fully saturated rings. The Balaban J connectivity index is 1.67. The predicted octanol–water partition coefficient (Wildman–Crippen LogP) is 5.58. The first-order chi connectivity index (χ1) is 14.1.